The van der Waals surface area contributed by atoms with Gasteiger partial charge in [0, 0.05) is 23.6 Å². The molecule has 0 aliphatic rings. The summed E-state index contributed by atoms with van der Waals surface area (Å²) in [6.07, 6.45) is 2.47. The first-order valence-electron chi connectivity index (χ1n) is 7.94. The molecule has 0 saturated heterocycles. The Morgan fingerprint density at radius 2 is 1.83 bits per heavy atom. The Balaban J connectivity index is 1.38. The molecule has 23 heavy (non-hydrogen) atoms. The fourth-order valence-electron chi connectivity index (χ4n) is 2.60. The molecule has 0 saturated carbocycles. The third-order valence-corrected chi connectivity index (χ3v) is 3.81. The molecular weight excluding hydrogens is 288 g/mol. The molecule has 0 spiro atoms. The second-order valence-corrected chi connectivity index (χ2v) is 5.59. The molecule has 0 unspecified atom stereocenters. The molecule has 0 aliphatic carbocycles. The van der Waals surface area contributed by atoms with Crippen LogP contribution in [0, 0.1) is 0 Å². The summed E-state index contributed by atoms with van der Waals surface area (Å²) in [7, 11) is 0. The molecule has 0 radical (unpaired) electrons. The van der Waals surface area contributed by atoms with E-state index >= 15 is 0 Å². The molecule has 0 bridgehead atoms. The lowest BCUT2D eigenvalue weighted by Gasteiger charge is -2.13. The molecule has 1 heterocycles. The first-order chi connectivity index (χ1) is 11.3. The molecule has 3 rings (SSSR count). The van der Waals surface area contributed by atoms with Gasteiger partial charge in [0.05, 0.1) is 0 Å². The van der Waals surface area contributed by atoms with E-state index in [9.17, 15) is 5.11 Å². The highest BCUT2D eigenvalue weighted by molar-refractivity contribution is 5.83. The Hall–Kier alpha value is -2.30. The van der Waals surface area contributed by atoms with Gasteiger partial charge in [0.1, 0.15) is 18.5 Å². The quantitative estimate of drug-likeness (QED) is 0.561. The van der Waals surface area contributed by atoms with Gasteiger partial charge in [0.2, 0.25) is 0 Å². The number of benzene rings is 2. The zero-order valence-corrected chi connectivity index (χ0v) is 13.0. The van der Waals surface area contributed by atoms with Crippen LogP contribution in [0.4, 0.5) is 0 Å². The number of nitrogens with one attached hydrogen (secondary N) is 2. The Bertz CT molecular complexity index is 724. The molecule has 120 valence electrons. The molecule has 2 aromatic carbocycles. The van der Waals surface area contributed by atoms with Gasteiger partial charge in [-0.2, -0.15) is 0 Å². The van der Waals surface area contributed by atoms with Gasteiger partial charge >= 0.3 is 0 Å². The minimum Gasteiger partial charge on any atom is -0.491 e. The Kier molecular flexibility index (Phi) is 5.29. The number of H-pyrrole nitrogens is 1. The van der Waals surface area contributed by atoms with Gasteiger partial charge in [-0.3, -0.25) is 0 Å². The number of hydrogen-bond acceptors (Lipinski definition) is 3. The number of para-hydroxylation sites is 2. The van der Waals surface area contributed by atoms with Gasteiger partial charge in [-0.25, -0.2) is 0 Å². The first-order valence-corrected chi connectivity index (χ1v) is 7.94. The van der Waals surface area contributed by atoms with Crippen molar-refractivity contribution < 1.29 is 9.84 Å². The monoisotopic (exact) mass is 310 g/mol. The average molecular weight is 310 g/mol. The second kappa shape index (κ2) is 7.81. The number of rotatable bonds is 8. The Morgan fingerprint density at radius 3 is 2.70 bits per heavy atom. The summed E-state index contributed by atoms with van der Waals surface area (Å²) in [5.74, 6) is 0.783. The number of fused-ring (bicyclic) bond motifs is 1. The van der Waals surface area contributed by atoms with Crippen LogP contribution in [0.3, 0.4) is 0 Å². The van der Waals surface area contributed by atoms with Gasteiger partial charge in [-0.15, -0.1) is 0 Å². The highest BCUT2D eigenvalue weighted by Crippen LogP contribution is 2.17. The summed E-state index contributed by atoms with van der Waals surface area (Å²) in [4.78, 5) is 3.28. The predicted molar refractivity (Wildman–Crippen MR) is 92.8 cm³/mol. The smallest absolute Gasteiger partial charge is 0.119 e. The van der Waals surface area contributed by atoms with E-state index < -0.39 is 6.10 Å². The van der Waals surface area contributed by atoms with E-state index in [0.717, 1.165) is 18.7 Å². The van der Waals surface area contributed by atoms with Crippen molar-refractivity contribution in [1.29, 1.82) is 0 Å². The molecule has 0 amide bonds. The standard InChI is InChI=1S/C19H22N2O2/c22-16(14-23-17-6-2-1-3-7-17)13-20-11-10-15-12-21-19-9-5-4-8-18(15)19/h1-9,12,16,20-22H,10-11,13-14H2/t16-/m1/s1. The normalized spacial score (nSPS) is 12.4. The number of aliphatic hydroxyl groups is 1. The molecule has 0 fully saturated rings. The molecule has 0 aliphatic heterocycles. The van der Waals surface area contributed by atoms with Crippen LogP contribution in [-0.2, 0) is 6.42 Å². The Labute approximate surface area is 136 Å². The van der Waals surface area contributed by atoms with Crippen LogP contribution < -0.4 is 10.1 Å². The first kappa shape index (κ1) is 15.6. The Morgan fingerprint density at radius 1 is 1.04 bits per heavy atom. The van der Waals surface area contributed by atoms with Gasteiger partial charge in [0.15, 0.2) is 0 Å². The van der Waals surface area contributed by atoms with Gasteiger partial charge < -0.3 is 20.1 Å². The van der Waals surface area contributed by atoms with Crippen LogP contribution in [-0.4, -0.2) is 35.9 Å². The largest absolute Gasteiger partial charge is 0.491 e. The van der Waals surface area contributed by atoms with Crippen LogP contribution in [0.1, 0.15) is 5.56 Å². The van der Waals surface area contributed by atoms with Crippen molar-refractivity contribution in [3.63, 3.8) is 0 Å². The van der Waals surface area contributed by atoms with E-state index in [4.69, 9.17) is 4.74 Å². The van der Waals surface area contributed by atoms with Crippen molar-refractivity contribution in [2.24, 2.45) is 0 Å². The van der Waals surface area contributed by atoms with E-state index in [1.807, 2.05) is 36.4 Å². The van der Waals surface area contributed by atoms with E-state index in [2.05, 4.69) is 34.7 Å². The van der Waals surface area contributed by atoms with E-state index in [-0.39, 0.29) is 0 Å². The third-order valence-electron chi connectivity index (χ3n) is 3.81. The summed E-state index contributed by atoms with van der Waals surface area (Å²) in [6, 6.07) is 17.8. The highest BCUT2D eigenvalue weighted by atomic mass is 16.5. The molecule has 1 aromatic heterocycles. The summed E-state index contributed by atoms with van der Waals surface area (Å²) in [5.41, 5.74) is 2.46. The van der Waals surface area contributed by atoms with Gasteiger partial charge in [-0.1, -0.05) is 36.4 Å². The van der Waals surface area contributed by atoms with Crippen molar-refractivity contribution in [2.75, 3.05) is 19.7 Å². The number of ether oxygens (including phenoxy) is 1. The van der Waals surface area contributed by atoms with Crippen LogP contribution in [0.25, 0.3) is 10.9 Å². The van der Waals surface area contributed by atoms with Crippen LogP contribution in [0.5, 0.6) is 5.75 Å². The molecule has 4 heteroatoms. The van der Waals surface area contributed by atoms with E-state index in [0.29, 0.717) is 13.2 Å². The summed E-state index contributed by atoms with van der Waals surface area (Å²) < 4.78 is 5.53. The maximum atomic E-state index is 9.95. The minimum atomic E-state index is -0.516. The zero-order valence-electron chi connectivity index (χ0n) is 13.0. The SMILES string of the molecule is O[C@H](CNCCc1c[nH]c2ccccc12)COc1ccccc1. The average Bonchev–Trinajstić information content (AvgIpc) is 3.01. The molecular formula is C19H22N2O2. The van der Waals surface area contributed by atoms with Crippen LogP contribution in [0.2, 0.25) is 0 Å². The molecule has 4 nitrogen and oxygen atoms in total. The summed E-state index contributed by atoms with van der Waals surface area (Å²) in [6.45, 7) is 1.64. The van der Waals surface area contributed by atoms with Crippen molar-refractivity contribution in [3.8, 4) is 5.75 Å². The van der Waals surface area contributed by atoms with Crippen molar-refractivity contribution in [3.05, 3.63) is 66.4 Å². The number of aromatic nitrogens is 1. The fraction of sp³-hybridized carbons (Fsp3) is 0.263. The maximum absolute atomic E-state index is 9.95. The van der Waals surface area contributed by atoms with Gasteiger partial charge in [-0.05, 0) is 36.7 Å². The highest BCUT2D eigenvalue weighted by Gasteiger charge is 2.06. The molecule has 3 aromatic rings. The van der Waals surface area contributed by atoms with Crippen molar-refractivity contribution in [1.82, 2.24) is 10.3 Å². The zero-order chi connectivity index (χ0) is 15.9. The molecule has 3 N–H and O–H groups in total. The van der Waals surface area contributed by atoms with Crippen LogP contribution >= 0.6 is 0 Å². The third kappa shape index (κ3) is 4.34. The van der Waals surface area contributed by atoms with Crippen molar-refractivity contribution in [2.45, 2.75) is 12.5 Å². The van der Waals surface area contributed by atoms with Gasteiger partial charge in [0.25, 0.3) is 0 Å². The fourth-order valence-corrected chi connectivity index (χ4v) is 2.60. The lowest BCUT2D eigenvalue weighted by atomic mass is 10.1. The van der Waals surface area contributed by atoms with Crippen molar-refractivity contribution >= 4 is 10.9 Å². The topological polar surface area (TPSA) is 57.3 Å². The number of aliphatic hydroxyl groups excluding tert-OH is 1. The molecule has 1 atom stereocenters. The maximum Gasteiger partial charge on any atom is 0.119 e. The number of hydrogen-bond donors (Lipinski definition) is 3. The lowest BCUT2D eigenvalue weighted by Crippen LogP contribution is -2.32. The minimum absolute atomic E-state index is 0.296. The second-order valence-electron chi connectivity index (χ2n) is 5.59. The predicted octanol–water partition coefficient (Wildman–Crippen LogP) is 2.74. The van der Waals surface area contributed by atoms with E-state index in [1.165, 1.54) is 16.5 Å². The van der Waals surface area contributed by atoms with Crippen LogP contribution in [0.15, 0.2) is 60.8 Å². The van der Waals surface area contributed by atoms with E-state index in [1.54, 1.807) is 0 Å². The summed E-state index contributed by atoms with van der Waals surface area (Å²) in [5, 5.41) is 14.5. The number of aromatic amines is 1. The lowest BCUT2D eigenvalue weighted by molar-refractivity contribution is 0.106. The summed E-state index contributed by atoms with van der Waals surface area (Å²) >= 11 is 0.